The monoisotopic (exact) mass is 453 g/mol. The van der Waals surface area contributed by atoms with Crippen molar-refractivity contribution >= 4 is 11.8 Å². The summed E-state index contributed by atoms with van der Waals surface area (Å²) >= 11 is 0. The second-order valence-electron chi connectivity index (χ2n) is 7.32. The van der Waals surface area contributed by atoms with Crippen molar-refractivity contribution in [3.05, 3.63) is 65.2 Å². The topological polar surface area (TPSA) is 61.9 Å². The molecule has 1 heterocycles. The fourth-order valence-corrected chi connectivity index (χ4v) is 3.36. The molecule has 0 atom stereocenters. The minimum atomic E-state index is -2.87. The highest BCUT2D eigenvalue weighted by molar-refractivity contribution is 5.94. The third-order valence-corrected chi connectivity index (χ3v) is 5.08. The summed E-state index contributed by atoms with van der Waals surface area (Å²) in [6.45, 7) is -0.596. The Kier molecular flexibility index (Phi) is 8.04. The van der Waals surface area contributed by atoms with Crippen molar-refractivity contribution in [1.29, 1.82) is 0 Å². The fraction of sp³-hybridized carbons (Fsp3) is 0.364. The van der Waals surface area contributed by atoms with Gasteiger partial charge < -0.3 is 15.0 Å². The van der Waals surface area contributed by atoms with Crippen LogP contribution < -0.4 is 10.1 Å². The maximum atomic E-state index is 13.4. The number of halogens is 4. The lowest BCUT2D eigenvalue weighted by Crippen LogP contribution is -2.51. The molecule has 1 N–H and O–H groups in total. The second-order valence-corrected chi connectivity index (χ2v) is 7.32. The first kappa shape index (κ1) is 23.5. The minimum Gasteiger partial charge on any atom is -0.435 e. The number of rotatable bonds is 8. The van der Waals surface area contributed by atoms with E-state index >= 15 is 0 Å². The smallest absolute Gasteiger partial charge is 0.387 e. The van der Waals surface area contributed by atoms with Gasteiger partial charge >= 0.3 is 6.61 Å². The number of amides is 2. The van der Waals surface area contributed by atoms with Crippen LogP contribution >= 0.6 is 0 Å². The number of piperazine rings is 1. The number of nitrogens with one attached hydrogen (secondary N) is 1. The molecule has 0 spiro atoms. The Morgan fingerprint density at radius 1 is 0.969 bits per heavy atom. The van der Waals surface area contributed by atoms with Crippen LogP contribution in [-0.2, 0) is 11.2 Å². The number of hydrogen-bond donors (Lipinski definition) is 1. The number of benzene rings is 2. The van der Waals surface area contributed by atoms with Crippen molar-refractivity contribution in [3.8, 4) is 5.75 Å². The van der Waals surface area contributed by atoms with Gasteiger partial charge in [-0.1, -0.05) is 12.1 Å². The molecule has 1 fully saturated rings. The normalized spacial score (nSPS) is 14.5. The summed E-state index contributed by atoms with van der Waals surface area (Å²) in [4.78, 5) is 28.1. The summed E-state index contributed by atoms with van der Waals surface area (Å²) < 4.78 is 55.0. The van der Waals surface area contributed by atoms with Gasteiger partial charge in [-0.15, -0.1) is 0 Å². The Balaban J connectivity index is 1.37. The van der Waals surface area contributed by atoms with E-state index in [1.165, 1.54) is 18.2 Å². The summed E-state index contributed by atoms with van der Waals surface area (Å²) in [5, 5.41) is 2.81. The van der Waals surface area contributed by atoms with Gasteiger partial charge in [-0.25, -0.2) is 8.78 Å². The zero-order valence-corrected chi connectivity index (χ0v) is 17.2. The third kappa shape index (κ3) is 6.68. The van der Waals surface area contributed by atoms with Gasteiger partial charge in [0.1, 0.15) is 5.75 Å². The highest BCUT2D eigenvalue weighted by Crippen LogP contribution is 2.15. The zero-order valence-electron chi connectivity index (χ0n) is 17.2. The van der Waals surface area contributed by atoms with Gasteiger partial charge in [0.25, 0.3) is 5.91 Å². The zero-order chi connectivity index (χ0) is 23.1. The van der Waals surface area contributed by atoms with Gasteiger partial charge in [-0.3, -0.25) is 14.5 Å². The van der Waals surface area contributed by atoms with E-state index in [9.17, 15) is 27.2 Å². The number of alkyl halides is 2. The molecular formula is C22H23F4N3O3. The summed E-state index contributed by atoms with van der Waals surface area (Å²) in [6, 6.07) is 9.28. The van der Waals surface area contributed by atoms with Crippen LogP contribution in [0.5, 0.6) is 5.75 Å². The summed E-state index contributed by atoms with van der Waals surface area (Å²) in [7, 11) is 0. The van der Waals surface area contributed by atoms with Crippen LogP contribution in [0.3, 0.4) is 0 Å². The van der Waals surface area contributed by atoms with Crippen LogP contribution in [0, 0.1) is 11.6 Å². The molecule has 1 saturated heterocycles. The van der Waals surface area contributed by atoms with Gasteiger partial charge in [0.15, 0.2) is 11.6 Å². The largest absolute Gasteiger partial charge is 0.435 e. The molecule has 0 bridgehead atoms. The first-order valence-electron chi connectivity index (χ1n) is 10.1. The maximum absolute atomic E-state index is 13.4. The van der Waals surface area contributed by atoms with Crippen molar-refractivity contribution in [2.45, 2.75) is 13.0 Å². The SMILES string of the molecule is O=C(CN1CCN(C(=O)c2ccc(F)c(F)c2)CC1)NCCc1ccc(OC(F)F)cc1. The molecule has 1 aliphatic heterocycles. The van der Waals surface area contributed by atoms with Crippen LogP contribution in [-0.4, -0.2) is 67.5 Å². The molecule has 1 aliphatic rings. The van der Waals surface area contributed by atoms with Crippen LogP contribution in [0.1, 0.15) is 15.9 Å². The Labute approximate surface area is 182 Å². The van der Waals surface area contributed by atoms with E-state index in [1.807, 2.05) is 4.90 Å². The molecular weight excluding hydrogens is 430 g/mol. The minimum absolute atomic E-state index is 0.0787. The van der Waals surface area contributed by atoms with Crippen LogP contribution in [0.2, 0.25) is 0 Å². The van der Waals surface area contributed by atoms with Gasteiger partial charge in [-0.05, 0) is 42.3 Å². The number of carbonyl (C=O) groups excluding carboxylic acids is 2. The van der Waals surface area contributed by atoms with E-state index in [0.717, 1.165) is 17.7 Å². The molecule has 2 amide bonds. The van der Waals surface area contributed by atoms with E-state index in [1.54, 1.807) is 17.0 Å². The first-order chi connectivity index (χ1) is 15.3. The molecule has 0 aliphatic carbocycles. The van der Waals surface area contributed by atoms with Crippen molar-refractivity contribution in [2.24, 2.45) is 0 Å². The van der Waals surface area contributed by atoms with E-state index in [-0.39, 0.29) is 29.7 Å². The number of carbonyl (C=O) groups is 2. The standard InChI is InChI=1S/C22H23F4N3O3/c23-18-6-3-16(13-19(18)24)21(31)29-11-9-28(10-12-29)14-20(30)27-8-7-15-1-4-17(5-2-15)32-22(25)26/h1-6,13,22H,7-12,14H2,(H,27,30). The van der Waals surface area contributed by atoms with Crippen molar-refractivity contribution in [3.63, 3.8) is 0 Å². The Bertz CT molecular complexity index is 933. The summed E-state index contributed by atoms with van der Waals surface area (Å²) in [5.74, 6) is -2.53. The highest BCUT2D eigenvalue weighted by Gasteiger charge is 2.24. The van der Waals surface area contributed by atoms with Gasteiger partial charge in [0, 0.05) is 38.3 Å². The maximum Gasteiger partial charge on any atom is 0.387 e. The van der Waals surface area contributed by atoms with Gasteiger partial charge in [0.05, 0.1) is 6.54 Å². The molecule has 2 aromatic carbocycles. The lowest BCUT2D eigenvalue weighted by Gasteiger charge is -2.34. The highest BCUT2D eigenvalue weighted by atomic mass is 19.3. The summed E-state index contributed by atoms with van der Waals surface area (Å²) in [6.07, 6.45) is 0.539. The molecule has 0 aromatic heterocycles. The first-order valence-corrected chi connectivity index (χ1v) is 10.1. The molecule has 0 radical (unpaired) electrons. The molecule has 6 nitrogen and oxygen atoms in total. The molecule has 0 unspecified atom stereocenters. The average Bonchev–Trinajstić information content (AvgIpc) is 2.76. The number of nitrogens with zero attached hydrogens (tertiary/aromatic N) is 2. The number of ether oxygens (including phenoxy) is 1. The van der Waals surface area contributed by atoms with Crippen LogP contribution in [0.15, 0.2) is 42.5 Å². The quantitative estimate of drug-likeness (QED) is 0.625. The molecule has 32 heavy (non-hydrogen) atoms. The molecule has 172 valence electrons. The number of hydrogen-bond acceptors (Lipinski definition) is 4. The Hall–Kier alpha value is -3.14. The molecule has 10 heteroatoms. The van der Waals surface area contributed by atoms with Crippen molar-refractivity contribution in [2.75, 3.05) is 39.3 Å². The van der Waals surface area contributed by atoms with E-state index in [2.05, 4.69) is 10.1 Å². The van der Waals surface area contributed by atoms with E-state index < -0.39 is 18.2 Å². The van der Waals surface area contributed by atoms with Gasteiger partial charge in [-0.2, -0.15) is 8.78 Å². The van der Waals surface area contributed by atoms with Crippen LogP contribution in [0.25, 0.3) is 0 Å². The summed E-state index contributed by atoms with van der Waals surface area (Å²) in [5.41, 5.74) is 0.958. The fourth-order valence-electron chi connectivity index (χ4n) is 3.36. The Morgan fingerprint density at radius 2 is 1.66 bits per heavy atom. The molecule has 0 saturated carbocycles. The van der Waals surface area contributed by atoms with Crippen LogP contribution in [0.4, 0.5) is 17.6 Å². The Morgan fingerprint density at radius 3 is 2.28 bits per heavy atom. The lowest BCUT2D eigenvalue weighted by molar-refractivity contribution is -0.122. The van der Waals surface area contributed by atoms with Crippen molar-refractivity contribution < 1.29 is 31.9 Å². The predicted molar refractivity (Wildman–Crippen MR) is 108 cm³/mol. The predicted octanol–water partition coefficient (Wildman–Crippen LogP) is 2.68. The van der Waals surface area contributed by atoms with Gasteiger partial charge in [0.2, 0.25) is 5.91 Å². The average molecular weight is 453 g/mol. The van der Waals surface area contributed by atoms with Crippen molar-refractivity contribution in [1.82, 2.24) is 15.1 Å². The molecule has 2 aromatic rings. The van der Waals surface area contributed by atoms with E-state index in [4.69, 9.17) is 0 Å². The lowest BCUT2D eigenvalue weighted by atomic mass is 10.1. The third-order valence-electron chi connectivity index (χ3n) is 5.08. The molecule has 3 rings (SSSR count). The second kappa shape index (κ2) is 10.9. The van der Waals surface area contributed by atoms with E-state index in [0.29, 0.717) is 39.1 Å².